The largest absolute Gasteiger partial charge is 0.493 e. The Morgan fingerprint density at radius 3 is 2.28 bits per heavy atom. The van der Waals surface area contributed by atoms with Crippen LogP contribution in [0.3, 0.4) is 0 Å². The molecule has 9 heteroatoms. The SMILES string of the molecule is COc1ccc(CCN2C(=O)C(C#N)=C(C)/C(=C\c3cn(-c4ccccc4)nc3-c3ccc(OC(C)C)c(C)c3)C2=O)cc1OC. The number of benzene rings is 3. The number of hydrogen-bond acceptors (Lipinski definition) is 7. The van der Waals surface area contributed by atoms with Crippen LogP contribution < -0.4 is 14.2 Å². The molecule has 0 saturated heterocycles. The molecule has 234 valence electrons. The van der Waals surface area contributed by atoms with E-state index in [9.17, 15) is 14.9 Å². The normalized spacial score (nSPS) is 14.2. The zero-order valence-electron chi connectivity index (χ0n) is 26.8. The number of amides is 2. The van der Waals surface area contributed by atoms with Gasteiger partial charge >= 0.3 is 0 Å². The van der Waals surface area contributed by atoms with Crippen molar-refractivity contribution in [2.75, 3.05) is 20.8 Å². The lowest BCUT2D eigenvalue weighted by Crippen LogP contribution is -2.43. The van der Waals surface area contributed by atoms with Crippen molar-refractivity contribution in [3.8, 4) is 40.3 Å². The summed E-state index contributed by atoms with van der Waals surface area (Å²) in [5.74, 6) is 0.824. The van der Waals surface area contributed by atoms with Crippen LogP contribution in [0.5, 0.6) is 17.2 Å². The highest BCUT2D eigenvalue weighted by Gasteiger charge is 2.35. The number of nitriles is 1. The van der Waals surface area contributed by atoms with Gasteiger partial charge in [0.05, 0.1) is 31.7 Å². The highest BCUT2D eigenvalue weighted by molar-refractivity contribution is 6.19. The van der Waals surface area contributed by atoms with Crippen LogP contribution in [-0.2, 0) is 16.0 Å². The molecule has 0 unspecified atom stereocenters. The molecule has 46 heavy (non-hydrogen) atoms. The predicted octanol–water partition coefficient (Wildman–Crippen LogP) is 6.49. The number of rotatable bonds is 10. The Bertz CT molecular complexity index is 1900. The molecule has 0 saturated carbocycles. The minimum Gasteiger partial charge on any atom is -0.493 e. The third-order valence-electron chi connectivity index (χ3n) is 7.77. The summed E-state index contributed by atoms with van der Waals surface area (Å²) < 4.78 is 18.4. The summed E-state index contributed by atoms with van der Waals surface area (Å²) in [5, 5.41) is 14.9. The van der Waals surface area contributed by atoms with Crippen molar-refractivity contribution in [1.29, 1.82) is 5.26 Å². The van der Waals surface area contributed by atoms with Crippen LogP contribution in [-0.4, -0.2) is 53.4 Å². The van der Waals surface area contributed by atoms with E-state index in [4.69, 9.17) is 19.3 Å². The van der Waals surface area contributed by atoms with E-state index in [2.05, 4.69) is 0 Å². The van der Waals surface area contributed by atoms with Gasteiger partial charge in [-0.2, -0.15) is 10.4 Å². The first-order chi connectivity index (χ1) is 22.1. The molecule has 2 heterocycles. The third kappa shape index (κ3) is 6.42. The van der Waals surface area contributed by atoms with Gasteiger partial charge in [-0.1, -0.05) is 24.3 Å². The molecule has 9 nitrogen and oxygen atoms in total. The number of nitrogens with zero attached hydrogens (tertiary/aromatic N) is 4. The molecule has 5 rings (SSSR count). The third-order valence-corrected chi connectivity index (χ3v) is 7.77. The quantitative estimate of drug-likeness (QED) is 0.148. The number of carbonyl (C=O) groups excluding carboxylic acids is 2. The predicted molar refractivity (Wildman–Crippen MR) is 176 cm³/mol. The number of aryl methyl sites for hydroxylation is 1. The van der Waals surface area contributed by atoms with Crippen molar-refractivity contribution in [3.63, 3.8) is 0 Å². The molecule has 0 spiro atoms. The first-order valence-electron chi connectivity index (χ1n) is 15.0. The van der Waals surface area contributed by atoms with Crippen LogP contribution in [0, 0.1) is 18.3 Å². The topological polar surface area (TPSA) is 107 Å². The van der Waals surface area contributed by atoms with Gasteiger partial charge in [-0.3, -0.25) is 14.5 Å². The lowest BCUT2D eigenvalue weighted by molar-refractivity contribution is -0.140. The summed E-state index contributed by atoms with van der Waals surface area (Å²) in [6.07, 6.45) is 3.97. The average molecular weight is 617 g/mol. The standard InChI is InChI=1S/C37H36N4O5/c1-23(2)46-32-15-13-27(18-24(32)3)35-28(22-41(39-35)29-10-8-7-9-11-29)20-30-25(4)31(21-38)37(43)40(36(30)42)17-16-26-12-14-33(44-5)34(19-26)45-6/h7-15,18-20,22-23H,16-17H2,1-6H3/b30-20+. The number of para-hydroxylation sites is 1. The lowest BCUT2D eigenvalue weighted by atomic mass is 9.93. The minimum atomic E-state index is -0.612. The lowest BCUT2D eigenvalue weighted by Gasteiger charge is -2.27. The number of ether oxygens (including phenoxy) is 3. The van der Waals surface area contributed by atoms with Gasteiger partial charge < -0.3 is 14.2 Å². The first kappa shape index (κ1) is 31.8. The number of hydrogen-bond donors (Lipinski definition) is 0. The Balaban J connectivity index is 1.57. The molecule has 0 N–H and O–H groups in total. The second kappa shape index (κ2) is 13.6. The van der Waals surface area contributed by atoms with Gasteiger partial charge in [0.1, 0.15) is 17.4 Å². The first-order valence-corrected chi connectivity index (χ1v) is 15.0. The summed E-state index contributed by atoms with van der Waals surface area (Å²) in [7, 11) is 3.10. The van der Waals surface area contributed by atoms with Gasteiger partial charge in [0.25, 0.3) is 11.8 Å². The fourth-order valence-corrected chi connectivity index (χ4v) is 5.38. The summed E-state index contributed by atoms with van der Waals surface area (Å²) in [4.78, 5) is 28.5. The van der Waals surface area contributed by atoms with E-state index < -0.39 is 11.8 Å². The zero-order chi connectivity index (χ0) is 33.0. The molecule has 0 fully saturated rings. The van der Waals surface area contributed by atoms with Gasteiger partial charge in [-0.05, 0) is 99.4 Å². The summed E-state index contributed by atoms with van der Waals surface area (Å²) >= 11 is 0. The molecule has 1 aliphatic heterocycles. The van der Waals surface area contributed by atoms with Crippen molar-refractivity contribution in [2.24, 2.45) is 0 Å². The molecule has 0 radical (unpaired) electrons. The van der Waals surface area contributed by atoms with Crippen LogP contribution >= 0.6 is 0 Å². The van der Waals surface area contributed by atoms with Crippen LogP contribution in [0.2, 0.25) is 0 Å². The molecule has 0 bridgehead atoms. The zero-order valence-corrected chi connectivity index (χ0v) is 26.8. The second-order valence-corrected chi connectivity index (χ2v) is 11.2. The molecule has 0 aliphatic carbocycles. The van der Waals surface area contributed by atoms with Gasteiger partial charge in [-0.25, -0.2) is 4.68 Å². The number of carbonyl (C=O) groups is 2. The van der Waals surface area contributed by atoms with Gasteiger partial charge in [0, 0.05) is 29.4 Å². The summed E-state index contributed by atoms with van der Waals surface area (Å²) in [6, 6.07) is 23.0. The molecule has 1 aromatic heterocycles. The van der Waals surface area contributed by atoms with E-state index in [1.54, 1.807) is 38.0 Å². The Kier molecular flexibility index (Phi) is 9.38. The maximum atomic E-state index is 14.0. The molecule has 2 amide bonds. The smallest absolute Gasteiger partial charge is 0.271 e. The Hall–Kier alpha value is -5.62. The summed E-state index contributed by atoms with van der Waals surface area (Å²) in [5.41, 5.74) is 5.30. The second-order valence-electron chi connectivity index (χ2n) is 11.2. The fraction of sp³-hybridized carbons (Fsp3) is 0.243. The Labute approximate surface area is 268 Å². The Morgan fingerprint density at radius 2 is 1.63 bits per heavy atom. The van der Waals surface area contributed by atoms with Crippen molar-refractivity contribution in [2.45, 2.75) is 40.2 Å². The fourth-order valence-electron chi connectivity index (χ4n) is 5.38. The summed E-state index contributed by atoms with van der Waals surface area (Å²) in [6.45, 7) is 7.65. The van der Waals surface area contributed by atoms with E-state index in [1.807, 2.05) is 93.7 Å². The monoisotopic (exact) mass is 616 g/mol. The van der Waals surface area contributed by atoms with Gasteiger partial charge in [0.15, 0.2) is 11.5 Å². The Morgan fingerprint density at radius 1 is 0.913 bits per heavy atom. The number of aromatic nitrogens is 2. The molecule has 4 aromatic rings. The van der Waals surface area contributed by atoms with E-state index in [0.717, 1.165) is 33.0 Å². The van der Waals surface area contributed by atoms with Crippen molar-refractivity contribution in [1.82, 2.24) is 14.7 Å². The van der Waals surface area contributed by atoms with E-state index in [1.165, 1.54) is 0 Å². The molecule has 3 aromatic carbocycles. The number of methoxy groups -OCH3 is 2. The molecule has 0 atom stereocenters. The molecular formula is C37H36N4O5. The van der Waals surface area contributed by atoms with E-state index in [0.29, 0.717) is 34.8 Å². The highest BCUT2D eigenvalue weighted by Crippen LogP contribution is 2.34. The van der Waals surface area contributed by atoms with Crippen LogP contribution in [0.4, 0.5) is 0 Å². The van der Waals surface area contributed by atoms with Crippen molar-refractivity contribution >= 4 is 17.9 Å². The van der Waals surface area contributed by atoms with Crippen molar-refractivity contribution < 1.29 is 23.8 Å². The van der Waals surface area contributed by atoms with E-state index >= 15 is 0 Å². The van der Waals surface area contributed by atoms with E-state index in [-0.39, 0.29) is 23.8 Å². The van der Waals surface area contributed by atoms with Gasteiger partial charge in [0.2, 0.25) is 0 Å². The molecule has 1 aliphatic rings. The minimum absolute atomic E-state index is 0.0287. The average Bonchev–Trinajstić information content (AvgIpc) is 3.48. The number of imide groups is 1. The maximum absolute atomic E-state index is 14.0. The van der Waals surface area contributed by atoms with Crippen LogP contribution in [0.15, 0.2) is 89.6 Å². The highest BCUT2D eigenvalue weighted by atomic mass is 16.5. The van der Waals surface area contributed by atoms with Gasteiger partial charge in [-0.15, -0.1) is 0 Å². The van der Waals surface area contributed by atoms with Crippen LogP contribution in [0.25, 0.3) is 23.0 Å². The van der Waals surface area contributed by atoms with Crippen molar-refractivity contribution in [3.05, 3.63) is 106 Å². The van der Waals surface area contributed by atoms with Crippen LogP contribution in [0.1, 0.15) is 37.5 Å². The molecular weight excluding hydrogens is 580 g/mol. The maximum Gasteiger partial charge on any atom is 0.271 e.